The lowest BCUT2D eigenvalue weighted by Crippen LogP contribution is -2.47. The number of aryl methyl sites for hydroxylation is 1. The molecule has 24 heavy (non-hydrogen) atoms. The number of hydrogen-bond donors (Lipinski definition) is 1. The van der Waals surface area contributed by atoms with Crippen LogP contribution in [-0.2, 0) is 16.0 Å². The molecule has 1 atom stereocenters. The molecule has 6 nitrogen and oxygen atoms in total. The molecule has 0 aliphatic carbocycles. The first-order valence-electron chi connectivity index (χ1n) is 8.65. The fraction of sp³-hybridized carbons (Fsp3) is 0.611. The number of anilines is 1. The highest BCUT2D eigenvalue weighted by atomic mass is 16.5. The van der Waals surface area contributed by atoms with Gasteiger partial charge in [0.1, 0.15) is 5.75 Å². The van der Waals surface area contributed by atoms with Gasteiger partial charge in [0.05, 0.1) is 26.4 Å². The van der Waals surface area contributed by atoms with E-state index in [0.29, 0.717) is 13.1 Å². The third-order valence-electron chi connectivity index (χ3n) is 4.70. The number of likely N-dealkylation sites (N-methyl/N-ethyl adjacent to an activating group) is 1. The Hall–Kier alpha value is -1.63. The highest BCUT2D eigenvalue weighted by Crippen LogP contribution is 2.30. The van der Waals surface area contributed by atoms with Crippen LogP contribution in [-0.4, -0.2) is 70.4 Å². The van der Waals surface area contributed by atoms with Crippen molar-refractivity contribution in [1.82, 2.24) is 10.2 Å². The molecule has 2 heterocycles. The second-order valence-corrected chi connectivity index (χ2v) is 6.53. The lowest BCUT2D eigenvalue weighted by Gasteiger charge is -2.31. The van der Waals surface area contributed by atoms with Crippen LogP contribution in [0.25, 0.3) is 0 Å². The van der Waals surface area contributed by atoms with Gasteiger partial charge in [-0.2, -0.15) is 0 Å². The van der Waals surface area contributed by atoms with E-state index in [0.717, 1.165) is 50.5 Å². The molecule has 2 aliphatic rings. The maximum Gasteiger partial charge on any atom is 0.240 e. The van der Waals surface area contributed by atoms with Gasteiger partial charge in [0, 0.05) is 31.9 Å². The molecule has 0 unspecified atom stereocenters. The first kappa shape index (κ1) is 17.2. The van der Waals surface area contributed by atoms with E-state index in [4.69, 9.17) is 9.47 Å². The smallest absolute Gasteiger partial charge is 0.240 e. The first-order valence-corrected chi connectivity index (χ1v) is 8.65. The molecule has 0 bridgehead atoms. The van der Waals surface area contributed by atoms with E-state index in [1.165, 1.54) is 5.56 Å². The fourth-order valence-electron chi connectivity index (χ4n) is 3.39. The molecule has 0 aromatic heterocycles. The summed E-state index contributed by atoms with van der Waals surface area (Å²) in [5.74, 6) is 0.963. The molecule has 1 N–H and O–H groups in total. The zero-order valence-electron chi connectivity index (χ0n) is 14.6. The molecule has 1 aromatic carbocycles. The second kappa shape index (κ2) is 7.96. The van der Waals surface area contributed by atoms with Crippen LogP contribution < -0.4 is 15.0 Å². The summed E-state index contributed by atoms with van der Waals surface area (Å²) in [5.41, 5.74) is 2.20. The van der Waals surface area contributed by atoms with Crippen molar-refractivity contribution in [2.24, 2.45) is 0 Å². The SMILES string of the molecule is COc1ccc2c(c1)CCCN2C(=O)CNC[C@@H]1CN(C)CCO1. The summed E-state index contributed by atoms with van der Waals surface area (Å²) in [7, 11) is 3.77. The molecule has 1 saturated heterocycles. The fourth-order valence-corrected chi connectivity index (χ4v) is 3.39. The summed E-state index contributed by atoms with van der Waals surface area (Å²) in [5, 5.41) is 3.26. The third kappa shape index (κ3) is 4.06. The van der Waals surface area contributed by atoms with E-state index in [1.807, 2.05) is 23.1 Å². The Morgan fingerprint density at radius 2 is 2.29 bits per heavy atom. The summed E-state index contributed by atoms with van der Waals surface area (Å²) in [4.78, 5) is 16.7. The first-order chi connectivity index (χ1) is 11.7. The Balaban J connectivity index is 1.54. The Kier molecular flexibility index (Phi) is 5.71. The van der Waals surface area contributed by atoms with Crippen LogP contribution in [0, 0.1) is 0 Å². The molecular weight excluding hydrogens is 306 g/mol. The van der Waals surface area contributed by atoms with Crippen LogP contribution >= 0.6 is 0 Å². The van der Waals surface area contributed by atoms with Gasteiger partial charge in [0.25, 0.3) is 0 Å². The van der Waals surface area contributed by atoms with Gasteiger partial charge in [-0.05, 0) is 43.7 Å². The second-order valence-electron chi connectivity index (χ2n) is 6.53. The van der Waals surface area contributed by atoms with Crippen LogP contribution in [0.15, 0.2) is 18.2 Å². The standard InChI is InChI=1S/C18H27N3O3/c1-20-8-9-24-16(13-20)11-19-12-18(22)21-7-3-4-14-10-15(23-2)5-6-17(14)21/h5-6,10,16,19H,3-4,7-9,11-13H2,1-2H3/t16-/m1/s1. The Bertz CT molecular complexity index is 579. The maximum absolute atomic E-state index is 12.6. The molecule has 3 rings (SSSR count). The van der Waals surface area contributed by atoms with Crippen molar-refractivity contribution < 1.29 is 14.3 Å². The lowest BCUT2D eigenvalue weighted by molar-refractivity contribution is -0.118. The molecule has 0 saturated carbocycles. The van der Waals surface area contributed by atoms with E-state index in [9.17, 15) is 4.79 Å². The van der Waals surface area contributed by atoms with Crippen molar-refractivity contribution in [3.05, 3.63) is 23.8 Å². The number of nitrogens with zero attached hydrogens (tertiary/aromatic N) is 2. The van der Waals surface area contributed by atoms with E-state index in [-0.39, 0.29) is 12.0 Å². The quantitative estimate of drug-likeness (QED) is 0.867. The molecule has 1 amide bonds. The summed E-state index contributed by atoms with van der Waals surface area (Å²) >= 11 is 0. The highest BCUT2D eigenvalue weighted by Gasteiger charge is 2.23. The maximum atomic E-state index is 12.6. The third-order valence-corrected chi connectivity index (χ3v) is 4.70. The van der Waals surface area contributed by atoms with Crippen molar-refractivity contribution >= 4 is 11.6 Å². The largest absolute Gasteiger partial charge is 0.497 e. The number of carbonyl (C=O) groups excluding carboxylic acids is 1. The van der Waals surface area contributed by atoms with E-state index < -0.39 is 0 Å². The zero-order chi connectivity index (χ0) is 16.9. The van der Waals surface area contributed by atoms with Gasteiger partial charge in [0.15, 0.2) is 0 Å². The van der Waals surface area contributed by atoms with E-state index >= 15 is 0 Å². The average molecular weight is 333 g/mol. The molecular formula is C18H27N3O3. The van der Waals surface area contributed by atoms with Gasteiger partial charge in [-0.15, -0.1) is 0 Å². The number of benzene rings is 1. The highest BCUT2D eigenvalue weighted by molar-refractivity contribution is 5.96. The van der Waals surface area contributed by atoms with Crippen molar-refractivity contribution in [2.45, 2.75) is 18.9 Å². The van der Waals surface area contributed by atoms with Gasteiger partial charge < -0.3 is 24.6 Å². The van der Waals surface area contributed by atoms with Gasteiger partial charge in [0.2, 0.25) is 5.91 Å². The number of rotatable bonds is 5. The minimum atomic E-state index is 0.116. The number of fused-ring (bicyclic) bond motifs is 1. The zero-order valence-corrected chi connectivity index (χ0v) is 14.6. The Morgan fingerprint density at radius 3 is 3.08 bits per heavy atom. The van der Waals surface area contributed by atoms with Gasteiger partial charge in [-0.1, -0.05) is 0 Å². The molecule has 6 heteroatoms. The van der Waals surface area contributed by atoms with Crippen molar-refractivity contribution in [3.8, 4) is 5.75 Å². The van der Waals surface area contributed by atoms with Gasteiger partial charge in [-0.25, -0.2) is 0 Å². The van der Waals surface area contributed by atoms with Crippen LogP contribution in [0.2, 0.25) is 0 Å². The number of methoxy groups -OCH3 is 1. The van der Waals surface area contributed by atoms with Crippen LogP contribution in [0.4, 0.5) is 5.69 Å². The van der Waals surface area contributed by atoms with Crippen molar-refractivity contribution in [3.63, 3.8) is 0 Å². The molecule has 0 radical (unpaired) electrons. The average Bonchev–Trinajstić information content (AvgIpc) is 2.60. The van der Waals surface area contributed by atoms with Gasteiger partial charge >= 0.3 is 0 Å². The predicted octanol–water partition coefficient (Wildman–Crippen LogP) is 0.895. The molecule has 1 aromatic rings. The summed E-state index contributed by atoms with van der Waals surface area (Å²) in [6.45, 7) is 4.48. The summed E-state index contributed by atoms with van der Waals surface area (Å²) in [6.07, 6.45) is 2.14. The molecule has 1 fully saturated rings. The normalized spacial score (nSPS) is 21.4. The van der Waals surface area contributed by atoms with Crippen molar-refractivity contribution in [1.29, 1.82) is 0 Å². The van der Waals surface area contributed by atoms with E-state index in [2.05, 4.69) is 17.3 Å². The molecule has 0 spiro atoms. The number of amides is 1. The molecule has 2 aliphatic heterocycles. The number of ether oxygens (including phenoxy) is 2. The lowest BCUT2D eigenvalue weighted by atomic mass is 10.0. The van der Waals surface area contributed by atoms with Crippen molar-refractivity contribution in [2.75, 3.05) is 58.4 Å². The van der Waals surface area contributed by atoms with Gasteiger partial charge in [-0.3, -0.25) is 4.79 Å². The minimum absolute atomic E-state index is 0.116. The van der Waals surface area contributed by atoms with Crippen LogP contribution in [0.3, 0.4) is 0 Å². The molecule has 132 valence electrons. The number of carbonyl (C=O) groups is 1. The minimum Gasteiger partial charge on any atom is -0.497 e. The number of morpholine rings is 1. The van der Waals surface area contributed by atoms with Crippen LogP contribution in [0.5, 0.6) is 5.75 Å². The Morgan fingerprint density at radius 1 is 1.42 bits per heavy atom. The summed E-state index contributed by atoms with van der Waals surface area (Å²) in [6, 6.07) is 5.95. The summed E-state index contributed by atoms with van der Waals surface area (Å²) < 4.78 is 11.0. The Labute approximate surface area is 143 Å². The monoisotopic (exact) mass is 333 g/mol. The predicted molar refractivity (Wildman–Crippen MR) is 93.8 cm³/mol. The van der Waals surface area contributed by atoms with Crippen LogP contribution in [0.1, 0.15) is 12.0 Å². The topological polar surface area (TPSA) is 54.0 Å². The number of hydrogen-bond acceptors (Lipinski definition) is 5. The number of nitrogens with one attached hydrogen (secondary N) is 1. The van der Waals surface area contributed by atoms with E-state index in [1.54, 1.807) is 7.11 Å².